The summed E-state index contributed by atoms with van der Waals surface area (Å²) in [7, 11) is -0.873. The Morgan fingerprint density at radius 1 is 1.56 bits per heavy atom. The van der Waals surface area contributed by atoms with Crippen LogP contribution in [0.5, 0.6) is 0 Å². The Balaban J connectivity index is 2.58. The molecule has 0 bridgehead atoms. The summed E-state index contributed by atoms with van der Waals surface area (Å²) < 4.78 is 21.5. The molecule has 4 heteroatoms. The van der Waals surface area contributed by atoms with Crippen LogP contribution in [-0.4, -0.2) is 33.0 Å². The maximum absolute atomic E-state index is 10.8. The van der Waals surface area contributed by atoms with Gasteiger partial charge in [-0.3, -0.25) is 0 Å². The van der Waals surface area contributed by atoms with Gasteiger partial charge < -0.3 is 5.32 Å². The molecule has 0 aromatic rings. The first kappa shape index (κ1) is 7.02. The van der Waals surface area contributed by atoms with Crippen LogP contribution in [-0.2, 0) is 9.84 Å². The van der Waals surface area contributed by atoms with Crippen molar-refractivity contribution in [1.29, 1.82) is 0 Å². The average molecular weight is 149 g/mol. The van der Waals surface area contributed by atoms with E-state index in [1.807, 2.05) is 0 Å². The highest BCUT2D eigenvalue weighted by Gasteiger charge is 2.25. The molecule has 0 amide bonds. The second-order valence-electron chi connectivity index (χ2n) is 2.39. The van der Waals surface area contributed by atoms with E-state index in [1.165, 1.54) is 0 Å². The summed E-state index contributed by atoms with van der Waals surface area (Å²) in [6, 6.07) is 0.204. The van der Waals surface area contributed by atoms with Crippen LogP contribution in [0.1, 0.15) is 6.42 Å². The highest BCUT2D eigenvalue weighted by Crippen LogP contribution is 2.09. The SMILES string of the molecule is CN[C@@H]1CCS(=O)(=O)C1. The van der Waals surface area contributed by atoms with Crippen LogP contribution in [0.3, 0.4) is 0 Å². The summed E-state index contributed by atoms with van der Waals surface area (Å²) in [5.41, 5.74) is 0. The molecule has 0 saturated carbocycles. The molecule has 1 heterocycles. The number of rotatable bonds is 1. The van der Waals surface area contributed by atoms with Crippen LogP contribution in [0.2, 0.25) is 0 Å². The first-order valence-corrected chi connectivity index (χ1v) is 4.84. The van der Waals surface area contributed by atoms with Crippen molar-refractivity contribution in [3.05, 3.63) is 0 Å². The van der Waals surface area contributed by atoms with Gasteiger partial charge in [0.25, 0.3) is 0 Å². The van der Waals surface area contributed by atoms with E-state index in [0.29, 0.717) is 11.5 Å². The zero-order valence-corrected chi connectivity index (χ0v) is 6.24. The largest absolute Gasteiger partial charge is 0.316 e. The van der Waals surface area contributed by atoms with Crippen molar-refractivity contribution >= 4 is 9.84 Å². The molecule has 0 aromatic heterocycles. The average Bonchev–Trinajstić information content (AvgIpc) is 2.10. The number of hydrogen-bond donors (Lipinski definition) is 1. The van der Waals surface area contributed by atoms with Crippen LogP contribution < -0.4 is 5.32 Å². The minimum absolute atomic E-state index is 0.204. The topological polar surface area (TPSA) is 46.2 Å². The molecule has 0 aliphatic carbocycles. The Labute approximate surface area is 55.4 Å². The molecule has 1 N–H and O–H groups in total. The Kier molecular flexibility index (Phi) is 1.77. The molecule has 1 aliphatic rings. The van der Waals surface area contributed by atoms with Crippen molar-refractivity contribution in [2.24, 2.45) is 0 Å². The molecule has 1 fully saturated rings. The predicted octanol–water partition coefficient (Wildman–Crippen LogP) is -0.607. The van der Waals surface area contributed by atoms with Crippen molar-refractivity contribution < 1.29 is 8.42 Å². The molecule has 1 aliphatic heterocycles. The monoisotopic (exact) mass is 149 g/mol. The highest BCUT2D eigenvalue weighted by molar-refractivity contribution is 7.91. The second-order valence-corrected chi connectivity index (χ2v) is 4.62. The molecule has 1 atom stereocenters. The molecule has 1 rings (SSSR count). The summed E-state index contributed by atoms with van der Waals surface area (Å²) >= 11 is 0. The third kappa shape index (κ3) is 1.66. The van der Waals surface area contributed by atoms with E-state index < -0.39 is 9.84 Å². The quantitative estimate of drug-likeness (QED) is 0.541. The van der Waals surface area contributed by atoms with Crippen LogP contribution in [0.15, 0.2) is 0 Å². The highest BCUT2D eigenvalue weighted by atomic mass is 32.2. The molecule has 0 spiro atoms. The summed E-state index contributed by atoms with van der Waals surface area (Å²) in [5.74, 6) is 0.683. The first-order chi connectivity index (χ1) is 4.14. The van der Waals surface area contributed by atoms with Gasteiger partial charge in [-0.1, -0.05) is 0 Å². The smallest absolute Gasteiger partial charge is 0.151 e. The van der Waals surface area contributed by atoms with E-state index in [4.69, 9.17) is 0 Å². The lowest BCUT2D eigenvalue weighted by molar-refractivity contribution is 0.596. The molecule has 0 aromatic carbocycles. The van der Waals surface area contributed by atoms with E-state index >= 15 is 0 Å². The van der Waals surface area contributed by atoms with Crippen molar-refractivity contribution in [1.82, 2.24) is 5.32 Å². The van der Waals surface area contributed by atoms with Crippen LogP contribution in [0.4, 0.5) is 0 Å². The van der Waals surface area contributed by atoms with E-state index in [2.05, 4.69) is 5.32 Å². The fourth-order valence-electron chi connectivity index (χ4n) is 1.02. The van der Waals surface area contributed by atoms with Crippen LogP contribution in [0, 0.1) is 0 Å². The molecule has 3 nitrogen and oxygen atoms in total. The standard InChI is InChI=1S/C5H11NO2S/c1-6-5-2-3-9(7,8)4-5/h5-6H,2-4H2,1H3/t5-/m1/s1. The lowest BCUT2D eigenvalue weighted by Crippen LogP contribution is -2.25. The third-order valence-corrected chi connectivity index (χ3v) is 3.41. The van der Waals surface area contributed by atoms with Gasteiger partial charge in [0, 0.05) is 6.04 Å². The number of hydrogen-bond acceptors (Lipinski definition) is 3. The summed E-state index contributed by atoms with van der Waals surface area (Å²) in [6.45, 7) is 0. The minimum atomic E-state index is -2.67. The van der Waals surface area contributed by atoms with Crippen molar-refractivity contribution in [2.45, 2.75) is 12.5 Å². The minimum Gasteiger partial charge on any atom is -0.316 e. The van der Waals surface area contributed by atoms with Gasteiger partial charge in [-0.15, -0.1) is 0 Å². The van der Waals surface area contributed by atoms with Gasteiger partial charge >= 0.3 is 0 Å². The summed E-state index contributed by atoms with van der Waals surface area (Å²) in [6.07, 6.45) is 0.777. The maximum Gasteiger partial charge on any atom is 0.151 e. The Bertz CT molecular complexity index is 185. The molecule has 9 heavy (non-hydrogen) atoms. The van der Waals surface area contributed by atoms with Gasteiger partial charge in [0.2, 0.25) is 0 Å². The normalized spacial score (nSPS) is 32.8. The van der Waals surface area contributed by atoms with Gasteiger partial charge in [-0.2, -0.15) is 0 Å². The molecule has 0 unspecified atom stereocenters. The fourth-order valence-corrected chi connectivity index (χ4v) is 2.78. The van der Waals surface area contributed by atoms with Crippen molar-refractivity contribution in [3.8, 4) is 0 Å². The fraction of sp³-hybridized carbons (Fsp3) is 1.00. The zero-order chi connectivity index (χ0) is 6.91. The molecular weight excluding hydrogens is 138 g/mol. The van der Waals surface area contributed by atoms with E-state index in [-0.39, 0.29) is 6.04 Å². The molecule has 0 radical (unpaired) electrons. The third-order valence-electron chi connectivity index (χ3n) is 1.64. The number of nitrogens with one attached hydrogen (secondary N) is 1. The lowest BCUT2D eigenvalue weighted by Gasteiger charge is -2.01. The summed E-state index contributed by atoms with van der Waals surface area (Å²) in [5, 5.41) is 2.94. The number of sulfone groups is 1. The van der Waals surface area contributed by atoms with Gasteiger partial charge in [0.1, 0.15) is 0 Å². The van der Waals surface area contributed by atoms with Gasteiger partial charge in [0.05, 0.1) is 11.5 Å². The molecule has 54 valence electrons. The second kappa shape index (κ2) is 2.27. The van der Waals surface area contributed by atoms with Crippen molar-refractivity contribution in [2.75, 3.05) is 18.6 Å². The van der Waals surface area contributed by atoms with Crippen LogP contribution >= 0.6 is 0 Å². The van der Waals surface area contributed by atoms with Gasteiger partial charge in [-0.05, 0) is 13.5 Å². The zero-order valence-electron chi connectivity index (χ0n) is 5.42. The predicted molar refractivity (Wildman–Crippen MR) is 36.1 cm³/mol. The van der Waals surface area contributed by atoms with Crippen molar-refractivity contribution in [3.63, 3.8) is 0 Å². The Morgan fingerprint density at radius 3 is 2.44 bits per heavy atom. The lowest BCUT2D eigenvalue weighted by atomic mass is 10.3. The van der Waals surface area contributed by atoms with E-state index in [9.17, 15) is 8.42 Å². The Hall–Kier alpha value is -0.0900. The summed E-state index contributed by atoms with van der Waals surface area (Å²) in [4.78, 5) is 0. The van der Waals surface area contributed by atoms with Crippen LogP contribution in [0.25, 0.3) is 0 Å². The molecular formula is C5H11NO2S. The maximum atomic E-state index is 10.8. The van der Waals surface area contributed by atoms with E-state index in [1.54, 1.807) is 7.05 Å². The van der Waals surface area contributed by atoms with Gasteiger partial charge in [-0.25, -0.2) is 8.42 Å². The van der Waals surface area contributed by atoms with Gasteiger partial charge in [0.15, 0.2) is 9.84 Å². The Morgan fingerprint density at radius 2 is 2.22 bits per heavy atom. The molecule has 1 saturated heterocycles. The van der Waals surface area contributed by atoms with E-state index in [0.717, 1.165) is 6.42 Å². The first-order valence-electron chi connectivity index (χ1n) is 3.02.